The van der Waals surface area contributed by atoms with E-state index >= 15 is 0 Å². The molecule has 9 nitrogen and oxygen atoms in total. The summed E-state index contributed by atoms with van der Waals surface area (Å²) in [7, 11) is 0. The number of carbonyl (C=O) groups excluding carboxylic acids is 1. The topological polar surface area (TPSA) is 108 Å². The second-order valence-electron chi connectivity index (χ2n) is 7.30. The third kappa shape index (κ3) is 4.16. The molecule has 0 saturated heterocycles. The van der Waals surface area contributed by atoms with Gasteiger partial charge in [0, 0.05) is 12.3 Å². The van der Waals surface area contributed by atoms with Gasteiger partial charge in [0.1, 0.15) is 0 Å². The van der Waals surface area contributed by atoms with E-state index in [-0.39, 0.29) is 11.7 Å². The molecule has 31 heavy (non-hydrogen) atoms. The second kappa shape index (κ2) is 8.39. The molecule has 2 aromatic carbocycles. The van der Waals surface area contributed by atoms with Crippen molar-refractivity contribution in [3.8, 4) is 0 Å². The highest BCUT2D eigenvalue weighted by Crippen LogP contribution is 2.21. The van der Waals surface area contributed by atoms with Gasteiger partial charge in [-0.2, -0.15) is 9.78 Å². The maximum Gasteiger partial charge on any atom is 0.390 e. The number of hydrogen-bond donors (Lipinski definition) is 1. The molecule has 1 unspecified atom stereocenters. The molecular formula is C22H22N6O3. The van der Waals surface area contributed by atoms with Crippen LogP contribution in [0.4, 0.5) is 11.6 Å². The Hall–Kier alpha value is -4.01. The first-order chi connectivity index (χ1) is 15.0. The molecule has 1 amide bonds. The number of hydrogen-bond acceptors (Lipinski definition) is 5. The minimum Gasteiger partial charge on any atom is -0.358 e. The van der Waals surface area contributed by atoms with Gasteiger partial charge in [-0.1, -0.05) is 49.4 Å². The van der Waals surface area contributed by atoms with Crippen molar-refractivity contribution in [2.45, 2.75) is 32.9 Å². The highest BCUT2D eigenvalue weighted by atomic mass is 16.6. The van der Waals surface area contributed by atoms with Gasteiger partial charge in [0.2, 0.25) is 0 Å². The summed E-state index contributed by atoms with van der Waals surface area (Å²) in [5, 5.41) is 24.5. The van der Waals surface area contributed by atoms with Crippen molar-refractivity contribution < 1.29 is 9.72 Å². The Balaban J connectivity index is 1.50. The summed E-state index contributed by atoms with van der Waals surface area (Å²) in [6.07, 6.45) is 2.24. The smallest absolute Gasteiger partial charge is 0.358 e. The van der Waals surface area contributed by atoms with Crippen LogP contribution < -0.4 is 5.32 Å². The molecule has 4 aromatic rings. The zero-order chi connectivity index (χ0) is 22.0. The summed E-state index contributed by atoms with van der Waals surface area (Å²) < 4.78 is 3.16. The molecule has 0 aliphatic rings. The average Bonchev–Trinajstić information content (AvgIpc) is 3.35. The predicted molar refractivity (Wildman–Crippen MR) is 117 cm³/mol. The molecule has 0 bridgehead atoms. The van der Waals surface area contributed by atoms with Crippen LogP contribution in [0, 0.1) is 17.0 Å². The van der Waals surface area contributed by atoms with E-state index in [1.807, 2.05) is 31.3 Å². The molecule has 0 radical (unpaired) electrons. The first-order valence-corrected chi connectivity index (χ1v) is 9.97. The zero-order valence-electron chi connectivity index (χ0n) is 17.2. The fourth-order valence-electron chi connectivity index (χ4n) is 3.68. The number of fused-ring (bicyclic) bond motifs is 1. The van der Waals surface area contributed by atoms with Gasteiger partial charge >= 0.3 is 5.82 Å². The second-order valence-corrected chi connectivity index (χ2v) is 7.30. The number of aryl methyl sites for hydroxylation is 1. The molecule has 2 heterocycles. The Bertz CT molecular complexity index is 1250. The Morgan fingerprint density at radius 2 is 1.94 bits per heavy atom. The maximum absolute atomic E-state index is 12.8. The average molecular weight is 418 g/mol. The first kappa shape index (κ1) is 20.3. The Morgan fingerprint density at radius 1 is 1.16 bits per heavy atom. The summed E-state index contributed by atoms with van der Waals surface area (Å²) in [4.78, 5) is 23.2. The zero-order valence-corrected chi connectivity index (χ0v) is 17.2. The van der Waals surface area contributed by atoms with Gasteiger partial charge in [0.25, 0.3) is 5.91 Å². The maximum atomic E-state index is 12.8. The molecule has 1 atom stereocenters. The van der Waals surface area contributed by atoms with Gasteiger partial charge in [-0.15, -0.1) is 0 Å². The number of rotatable bonds is 7. The highest BCUT2D eigenvalue weighted by Gasteiger charge is 2.27. The van der Waals surface area contributed by atoms with Crippen molar-refractivity contribution in [3.05, 3.63) is 82.2 Å². The van der Waals surface area contributed by atoms with Crippen LogP contribution in [0.25, 0.3) is 10.8 Å². The van der Waals surface area contributed by atoms with Gasteiger partial charge in [0.15, 0.2) is 11.9 Å². The lowest BCUT2D eigenvalue weighted by molar-refractivity contribution is -0.389. The number of amides is 1. The number of benzene rings is 2. The van der Waals surface area contributed by atoms with Crippen molar-refractivity contribution in [3.63, 3.8) is 0 Å². The standard InChI is InChI=1S/C22H22N6O3/c1-3-19(27-15(2)13-21(25-27)28(30)31)22(29)23-20-11-12-26(24-20)14-17-9-6-8-16-7-4-5-10-18(16)17/h4-13,19H,3,14H2,1-2H3,(H,23,24,29). The van der Waals surface area contributed by atoms with Crippen molar-refractivity contribution >= 4 is 28.3 Å². The molecule has 0 spiro atoms. The number of nitro groups is 1. The molecule has 1 N–H and O–H groups in total. The molecule has 2 aromatic heterocycles. The van der Waals surface area contributed by atoms with E-state index in [0.29, 0.717) is 24.5 Å². The lowest BCUT2D eigenvalue weighted by Gasteiger charge is -2.13. The van der Waals surface area contributed by atoms with Crippen LogP contribution in [0.1, 0.15) is 30.6 Å². The fourth-order valence-corrected chi connectivity index (χ4v) is 3.68. The minimum absolute atomic E-state index is 0.275. The van der Waals surface area contributed by atoms with Crippen LogP contribution in [0.5, 0.6) is 0 Å². The molecule has 9 heteroatoms. The summed E-state index contributed by atoms with van der Waals surface area (Å²) in [6, 6.07) is 16.7. The fraction of sp³-hybridized carbons (Fsp3) is 0.227. The number of anilines is 1. The monoisotopic (exact) mass is 418 g/mol. The van der Waals surface area contributed by atoms with Crippen molar-refractivity contribution in [1.82, 2.24) is 19.6 Å². The SMILES string of the molecule is CCC(C(=O)Nc1ccn(Cc2cccc3ccccc23)n1)n1nc([N+](=O)[O-])cc1C. The van der Waals surface area contributed by atoms with Gasteiger partial charge in [-0.3, -0.25) is 9.48 Å². The Kier molecular flexibility index (Phi) is 5.48. The van der Waals surface area contributed by atoms with E-state index in [4.69, 9.17) is 0 Å². The van der Waals surface area contributed by atoms with E-state index in [1.165, 1.54) is 10.7 Å². The molecular weight excluding hydrogens is 396 g/mol. The highest BCUT2D eigenvalue weighted by molar-refractivity contribution is 5.92. The van der Waals surface area contributed by atoms with E-state index in [1.54, 1.807) is 17.7 Å². The van der Waals surface area contributed by atoms with Gasteiger partial charge in [-0.05, 0) is 34.6 Å². The van der Waals surface area contributed by atoms with Crippen LogP contribution in [0.3, 0.4) is 0 Å². The lowest BCUT2D eigenvalue weighted by atomic mass is 10.0. The van der Waals surface area contributed by atoms with E-state index in [9.17, 15) is 14.9 Å². The van der Waals surface area contributed by atoms with Gasteiger partial charge < -0.3 is 15.4 Å². The van der Waals surface area contributed by atoms with Crippen LogP contribution in [0.2, 0.25) is 0 Å². The quantitative estimate of drug-likeness (QED) is 0.359. The molecule has 0 saturated carbocycles. The van der Waals surface area contributed by atoms with Crippen molar-refractivity contribution in [2.24, 2.45) is 0 Å². The number of aromatic nitrogens is 4. The Morgan fingerprint density at radius 3 is 2.68 bits per heavy atom. The summed E-state index contributed by atoms with van der Waals surface area (Å²) in [6.45, 7) is 4.09. The first-order valence-electron chi connectivity index (χ1n) is 9.97. The Labute approximate surface area is 178 Å². The van der Waals surface area contributed by atoms with Crippen molar-refractivity contribution in [2.75, 3.05) is 5.32 Å². The van der Waals surface area contributed by atoms with E-state index in [0.717, 1.165) is 16.3 Å². The van der Waals surface area contributed by atoms with Crippen LogP contribution >= 0.6 is 0 Å². The van der Waals surface area contributed by atoms with Gasteiger partial charge in [0.05, 0.1) is 23.4 Å². The van der Waals surface area contributed by atoms with Crippen LogP contribution in [-0.2, 0) is 11.3 Å². The largest absolute Gasteiger partial charge is 0.390 e. The van der Waals surface area contributed by atoms with Crippen LogP contribution in [-0.4, -0.2) is 30.4 Å². The minimum atomic E-state index is -0.670. The van der Waals surface area contributed by atoms with Crippen molar-refractivity contribution in [1.29, 1.82) is 0 Å². The number of nitrogens with zero attached hydrogens (tertiary/aromatic N) is 5. The van der Waals surface area contributed by atoms with Gasteiger partial charge in [-0.25, -0.2) is 0 Å². The third-order valence-electron chi connectivity index (χ3n) is 5.19. The molecule has 0 aliphatic heterocycles. The van der Waals surface area contributed by atoms with E-state index < -0.39 is 11.0 Å². The normalized spacial score (nSPS) is 12.1. The molecule has 0 aliphatic carbocycles. The lowest BCUT2D eigenvalue weighted by Crippen LogP contribution is -2.27. The summed E-state index contributed by atoms with van der Waals surface area (Å²) in [5.41, 5.74) is 1.68. The predicted octanol–water partition coefficient (Wildman–Crippen LogP) is 4.09. The molecule has 0 fully saturated rings. The molecule has 158 valence electrons. The summed E-state index contributed by atoms with van der Waals surface area (Å²) >= 11 is 0. The van der Waals surface area contributed by atoms with E-state index in [2.05, 4.69) is 39.8 Å². The summed E-state index contributed by atoms with van der Waals surface area (Å²) in [5.74, 6) is -0.176. The number of nitrogens with one attached hydrogen (secondary N) is 1. The number of carbonyl (C=O) groups is 1. The molecule has 4 rings (SSSR count). The third-order valence-corrected chi connectivity index (χ3v) is 5.19. The van der Waals surface area contributed by atoms with Crippen LogP contribution in [0.15, 0.2) is 60.8 Å².